The predicted octanol–water partition coefficient (Wildman–Crippen LogP) is 4.12. The van der Waals surface area contributed by atoms with Crippen LogP contribution in [0.4, 0.5) is 5.69 Å². The molecule has 0 saturated carbocycles. The van der Waals surface area contributed by atoms with Crippen LogP contribution >= 0.6 is 0 Å². The number of hydrogen-bond donors (Lipinski definition) is 2. The Kier molecular flexibility index (Phi) is 4.20. The van der Waals surface area contributed by atoms with Crippen molar-refractivity contribution >= 4 is 28.5 Å². The molecule has 2 aliphatic rings. The van der Waals surface area contributed by atoms with Gasteiger partial charge in [0.15, 0.2) is 0 Å². The van der Waals surface area contributed by atoms with Gasteiger partial charge in [0.1, 0.15) is 5.82 Å². The van der Waals surface area contributed by atoms with Gasteiger partial charge in [0, 0.05) is 30.3 Å². The Hall–Kier alpha value is -3.15. The quantitative estimate of drug-likeness (QED) is 0.677. The number of nitrogens with zero attached hydrogens (tertiary/aromatic N) is 2. The molecule has 0 aliphatic carbocycles. The Morgan fingerprint density at radius 1 is 1.20 bits per heavy atom. The van der Waals surface area contributed by atoms with Crippen LogP contribution in [0.2, 0.25) is 0 Å². The van der Waals surface area contributed by atoms with Crippen molar-refractivity contribution in [3.8, 4) is 0 Å². The minimum absolute atomic E-state index is 0.0182. The Balaban J connectivity index is 1.39. The first-order valence-electron chi connectivity index (χ1n) is 10.5. The van der Waals surface area contributed by atoms with E-state index in [9.17, 15) is 9.59 Å². The smallest absolute Gasteiger partial charge is 0.253 e. The van der Waals surface area contributed by atoms with Crippen LogP contribution in [0.15, 0.2) is 36.4 Å². The first-order chi connectivity index (χ1) is 14.3. The summed E-state index contributed by atoms with van der Waals surface area (Å²) in [5, 5.41) is 2.90. The molecule has 1 saturated heterocycles. The number of carbonyl (C=O) groups excluding carboxylic acids is 2. The van der Waals surface area contributed by atoms with Crippen molar-refractivity contribution < 1.29 is 9.59 Å². The van der Waals surface area contributed by atoms with Crippen molar-refractivity contribution in [2.75, 3.05) is 18.4 Å². The first-order valence-corrected chi connectivity index (χ1v) is 10.5. The van der Waals surface area contributed by atoms with E-state index < -0.39 is 5.41 Å². The molecular formula is C24H26N4O2. The number of nitrogens with one attached hydrogen (secondary N) is 2. The summed E-state index contributed by atoms with van der Waals surface area (Å²) in [4.78, 5) is 35.7. The number of aryl methyl sites for hydroxylation is 1. The van der Waals surface area contributed by atoms with Gasteiger partial charge < -0.3 is 15.2 Å². The fourth-order valence-electron chi connectivity index (χ4n) is 4.61. The lowest BCUT2D eigenvalue weighted by atomic mass is 9.85. The molecule has 2 aliphatic heterocycles. The molecule has 2 aromatic carbocycles. The molecule has 5 rings (SSSR count). The van der Waals surface area contributed by atoms with E-state index in [0.717, 1.165) is 47.5 Å². The zero-order chi connectivity index (χ0) is 21.0. The highest BCUT2D eigenvalue weighted by Crippen LogP contribution is 2.38. The number of hydrogen-bond acceptors (Lipinski definition) is 3. The average Bonchev–Trinajstić information content (AvgIpc) is 3.25. The van der Waals surface area contributed by atoms with E-state index in [2.05, 4.69) is 29.4 Å². The maximum atomic E-state index is 13.3. The molecule has 3 aromatic rings. The number of rotatable bonds is 2. The molecular weight excluding hydrogens is 376 g/mol. The Labute approximate surface area is 175 Å². The first kappa shape index (κ1) is 18.9. The lowest BCUT2D eigenvalue weighted by molar-refractivity contribution is -0.119. The van der Waals surface area contributed by atoms with E-state index in [-0.39, 0.29) is 17.7 Å². The van der Waals surface area contributed by atoms with Crippen molar-refractivity contribution in [2.45, 2.75) is 44.9 Å². The van der Waals surface area contributed by atoms with Crippen molar-refractivity contribution in [3.63, 3.8) is 0 Å². The van der Waals surface area contributed by atoms with Gasteiger partial charge >= 0.3 is 0 Å². The van der Waals surface area contributed by atoms with Gasteiger partial charge in [-0.3, -0.25) is 9.59 Å². The Morgan fingerprint density at radius 2 is 2.03 bits per heavy atom. The molecule has 1 unspecified atom stereocenters. The average molecular weight is 402 g/mol. The van der Waals surface area contributed by atoms with Gasteiger partial charge in [-0.15, -0.1) is 0 Å². The Bertz CT molecular complexity index is 1180. The van der Waals surface area contributed by atoms with Gasteiger partial charge in [-0.25, -0.2) is 4.98 Å². The second kappa shape index (κ2) is 6.69. The van der Waals surface area contributed by atoms with Crippen molar-refractivity contribution in [1.82, 2.24) is 14.9 Å². The van der Waals surface area contributed by atoms with Gasteiger partial charge in [0.2, 0.25) is 5.91 Å². The highest BCUT2D eigenvalue weighted by atomic mass is 16.2. The topological polar surface area (TPSA) is 78.1 Å². The van der Waals surface area contributed by atoms with Crippen LogP contribution in [0.3, 0.4) is 0 Å². The van der Waals surface area contributed by atoms with E-state index in [1.54, 1.807) is 0 Å². The molecule has 0 spiro atoms. The summed E-state index contributed by atoms with van der Waals surface area (Å²) in [6, 6.07) is 11.8. The maximum absolute atomic E-state index is 13.3. The van der Waals surface area contributed by atoms with E-state index >= 15 is 0 Å². The normalized spacial score (nSPS) is 20.3. The number of aromatic nitrogens is 2. The van der Waals surface area contributed by atoms with Crippen LogP contribution in [0.1, 0.15) is 59.9 Å². The summed E-state index contributed by atoms with van der Waals surface area (Å²) < 4.78 is 0. The fraction of sp³-hybridized carbons (Fsp3) is 0.375. The SMILES string of the molecule is Cc1ccc2nc(C3CCCN(C(=O)c4ccc5c(c4)C(C)(C)C(=O)N5)C3)[nH]c2c1. The van der Waals surface area contributed by atoms with Crippen molar-refractivity contribution in [3.05, 3.63) is 58.9 Å². The minimum Gasteiger partial charge on any atom is -0.342 e. The van der Waals surface area contributed by atoms with Crippen LogP contribution in [0.25, 0.3) is 11.0 Å². The zero-order valence-electron chi connectivity index (χ0n) is 17.6. The summed E-state index contributed by atoms with van der Waals surface area (Å²) in [7, 11) is 0. The third-order valence-electron chi connectivity index (χ3n) is 6.51. The molecule has 6 nitrogen and oxygen atoms in total. The van der Waals surface area contributed by atoms with Crippen LogP contribution in [0.5, 0.6) is 0 Å². The number of amides is 2. The standard InChI is InChI=1S/C24H26N4O2/c1-14-6-8-19-20(11-14)26-21(25-19)16-5-4-10-28(13-16)22(29)15-7-9-18-17(12-15)24(2,3)23(30)27-18/h6-9,11-12,16H,4-5,10,13H2,1-3H3,(H,25,26)(H,27,30). The second-order valence-corrected chi connectivity index (χ2v) is 9.07. The number of likely N-dealkylation sites (tertiary alicyclic amines) is 1. The van der Waals surface area contributed by atoms with Gasteiger partial charge in [-0.2, -0.15) is 0 Å². The van der Waals surface area contributed by atoms with Crippen molar-refractivity contribution in [2.24, 2.45) is 0 Å². The summed E-state index contributed by atoms with van der Waals surface area (Å²) in [6.45, 7) is 7.24. The second-order valence-electron chi connectivity index (χ2n) is 9.07. The number of H-pyrrole nitrogens is 1. The highest BCUT2D eigenvalue weighted by Gasteiger charge is 2.39. The number of benzene rings is 2. The minimum atomic E-state index is -0.623. The predicted molar refractivity (Wildman–Crippen MR) is 117 cm³/mol. The molecule has 1 aromatic heterocycles. The van der Waals surface area contributed by atoms with Gasteiger partial charge in [0.05, 0.1) is 16.4 Å². The summed E-state index contributed by atoms with van der Waals surface area (Å²) in [6.07, 6.45) is 1.96. The van der Waals surface area contributed by atoms with Crippen LogP contribution in [-0.2, 0) is 10.2 Å². The van der Waals surface area contributed by atoms with E-state index in [4.69, 9.17) is 4.98 Å². The third-order valence-corrected chi connectivity index (χ3v) is 6.51. The lowest BCUT2D eigenvalue weighted by Gasteiger charge is -2.32. The molecule has 2 amide bonds. The van der Waals surface area contributed by atoms with Crippen LogP contribution in [0, 0.1) is 6.92 Å². The number of anilines is 1. The third kappa shape index (κ3) is 2.98. The number of carbonyl (C=O) groups is 2. The molecule has 30 heavy (non-hydrogen) atoms. The molecule has 2 N–H and O–H groups in total. The van der Waals surface area contributed by atoms with Gasteiger partial charge in [-0.1, -0.05) is 6.07 Å². The van der Waals surface area contributed by atoms with Crippen LogP contribution < -0.4 is 5.32 Å². The molecule has 0 bridgehead atoms. The zero-order valence-corrected chi connectivity index (χ0v) is 17.6. The van der Waals surface area contributed by atoms with E-state index in [1.807, 2.05) is 43.0 Å². The highest BCUT2D eigenvalue weighted by molar-refractivity contribution is 6.07. The van der Waals surface area contributed by atoms with Gasteiger partial charge in [-0.05, 0) is 75.1 Å². The molecule has 6 heteroatoms. The van der Waals surface area contributed by atoms with Crippen molar-refractivity contribution in [1.29, 1.82) is 0 Å². The number of fused-ring (bicyclic) bond motifs is 2. The van der Waals surface area contributed by atoms with E-state index in [0.29, 0.717) is 12.1 Å². The Morgan fingerprint density at radius 3 is 2.87 bits per heavy atom. The van der Waals surface area contributed by atoms with Gasteiger partial charge in [0.25, 0.3) is 5.91 Å². The molecule has 154 valence electrons. The molecule has 3 heterocycles. The number of aromatic amines is 1. The summed E-state index contributed by atoms with van der Waals surface area (Å²) in [5.74, 6) is 1.15. The number of imidazole rings is 1. The lowest BCUT2D eigenvalue weighted by Crippen LogP contribution is -2.39. The summed E-state index contributed by atoms with van der Waals surface area (Å²) in [5.41, 5.74) is 4.92. The summed E-state index contributed by atoms with van der Waals surface area (Å²) >= 11 is 0. The largest absolute Gasteiger partial charge is 0.342 e. The monoisotopic (exact) mass is 402 g/mol. The van der Waals surface area contributed by atoms with E-state index in [1.165, 1.54) is 5.56 Å². The van der Waals surface area contributed by atoms with Crippen LogP contribution in [-0.4, -0.2) is 39.8 Å². The maximum Gasteiger partial charge on any atom is 0.253 e. The molecule has 1 fully saturated rings. The molecule has 1 atom stereocenters. The fourth-order valence-corrected chi connectivity index (χ4v) is 4.61. The number of piperidine rings is 1. The molecule has 0 radical (unpaired) electrons.